The molecule has 0 spiro atoms. The van der Waals surface area contributed by atoms with Crippen molar-refractivity contribution in [3.63, 3.8) is 0 Å². The zero-order chi connectivity index (χ0) is 23.1. The zero-order valence-corrected chi connectivity index (χ0v) is 18.6. The van der Waals surface area contributed by atoms with Gasteiger partial charge in [0.05, 0.1) is 36.0 Å². The number of hydrogen-bond donors (Lipinski definition) is 1. The molecule has 7 nitrogen and oxygen atoms in total. The van der Waals surface area contributed by atoms with Crippen molar-refractivity contribution in [2.75, 3.05) is 14.2 Å². The number of hydrogen-bond acceptors (Lipinski definition) is 6. The number of halogens is 2. The highest BCUT2D eigenvalue weighted by Gasteiger charge is 2.14. The molecule has 0 aliphatic rings. The Bertz CT molecular complexity index is 1160. The molecule has 0 saturated carbocycles. The maximum atomic E-state index is 12.4. The Kier molecular flexibility index (Phi) is 7.70. The molecule has 0 saturated heterocycles. The molecule has 3 rings (SSSR count). The van der Waals surface area contributed by atoms with E-state index < -0.39 is 5.97 Å². The maximum Gasteiger partial charge on any atom is 0.343 e. The predicted octanol–water partition coefficient (Wildman–Crippen LogP) is 4.99. The molecule has 0 aliphatic carbocycles. The minimum absolute atomic E-state index is 0.211. The van der Waals surface area contributed by atoms with Crippen molar-refractivity contribution in [1.82, 2.24) is 5.43 Å². The normalized spacial score (nSPS) is 10.6. The van der Waals surface area contributed by atoms with Crippen molar-refractivity contribution in [3.05, 3.63) is 87.4 Å². The second-order valence-electron chi connectivity index (χ2n) is 6.36. The Morgan fingerprint density at radius 2 is 1.56 bits per heavy atom. The van der Waals surface area contributed by atoms with Gasteiger partial charge in [0.15, 0.2) is 11.5 Å². The summed E-state index contributed by atoms with van der Waals surface area (Å²) in [6.07, 6.45) is 1.44. The topological polar surface area (TPSA) is 86.2 Å². The summed E-state index contributed by atoms with van der Waals surface area (Å²) in [5.41, 5.74) is 3.74. The van der Waals surface area contributed by atoms with Gasteiger partial charge >= 0.3 is 5.97 Å². The SMILES string of the molecule is COc1ccc(C(=O)N/N=C/c2ccc(OC(=O)c3ccc(Cl)c(Cl)c3)c(OC)c2)cc1. The Hall–Kier alpha value is -3.55. The third kappa shape index (κ3) is 5.78. The summed E-state index contributed by atoms with van der Waals surface area (Å²) in [5.74, 6) is 0.182. The number of hydrazone groups is 1. The Morgan fingerprint density at radius 3 is 2.22 bits per heavy atom. The molecule has 0 unspecified atom stereocenters. The van der Waals surface area contributed by atoms with E-state index in [-0.39, 0.29) is 22.2 Å². The highest BCUT2D eigenvalue weighted by atomic mass is 35.5. The lowest BCUT2D eigenvalue weighted by Crippen LogP contribution is -2.17. The van der Waals surface area contributed by atoms with Gasteiger partial charge in [-0.15, -0.1) is 0 Å². The average molecular weight is 473 g/mol. The van der Waals surface area contributed by atoms with E-state index in [1.807, 2.05) is 0 Å². The fraction of sp³-hybridized carbons (Fsp3) is 0.0870. The van der Waals surface area contributed by atoms with Crippen molar-refractivity contribution in [3.8, 4) is 17.2 Å². The van der Waals surface area contributed by atoms with Crippen molar-refractivity contribution in [1.29, 1.82) is 0 Å². The molecular weight excluding hydrogens is 455 g/mol. The van der Waals surface area contributed by atoms with Gasteiger partial charge in [0.1, 0.15) is 5.75 Å². The van der Waals surface area contributed by atoms with Gasteiger partial charge in [0, 0.05) is 5.56 Å². The summed E-state index contributed by atoms with van der Waals surface area (Å²) in [4.78, 5) is 24.5. The van der Waals surface area contributed by atoms with Crippen molar-refractivity contribution < 1.29 is 23.8 Å². The molecular formula is C23H18Cl2N2O5. The van der Waals surface area contributed by atoms with Crippen LogP contribution in [0.3, 0.4) is 0 Å². The number of nitrogens with zero attached hydrogens (tertiary/aromatic N) is 1. The summed E-state index contributed by atoms with van der Waals surface area (Å²) in [5, 5.41) is 4.53. The van der Waals surface area contributed by atoms with Gasteiger partial charge in [0.25, 0.3) is 5.91 Å². The summed E-state index contributed by atoms with van der Waals surface area (Å²) >= 11 is 11.8. The van der Waals surface area contributed by atoms with Gasteiger partial charge in [-0.05, 0) is 66.2 Å². The lowest BCUT2D eigenvalue weighted by molar-refractivity contribution is 0.0729. The van der Waals surface area contributed by atoms with Gasteiger partial charge in [-0.3, -0.25) is 4.79 Å². The first-order valence-electron chi connectivity index (χ1n) is 9.24. The Balaban J connectivity index is 1.66. The average Bonchev–Trinajstić information content (AvgIpc) is 2.81. The molecule has 0 aliphatic heterocycles. The van der Waals surface area contributed by atoms with E-state index in [9.17, 15) is 9.59 Å². The Labute approximate surface area is 194 Å². The van der Waals surface area contributed by atoms with Crippen molar-refractivity contribution in [2.45, 2.75) is 0 Å². The van der Waals surface area contributed by atoms with Crippen LogP contribution in [0.1, 0.15) is 26.3 Å². The molecule has 3 aromatic rings. The summed E-state index contributed by atoms with van der Waals surface area (Å²) in [6.45, 7) is 0. The highest BCUT2D eigenvalue weighted by molar-refractivity contribution is 6.42. The quantitative estimate of drug-likeness (QED) is 0.226. The van der Waals surface area contributed by atoms with E-state index in [1.54, 1.807) is 49.6 Å². The maximum absolute atomic E-state index is 12.4. The molecule has 0 heterocycles. The molecule has 1 amide bonds. The van der Waals surface area contributed by atoms with Crippen LogP contribution < -0.4 is 19.6 Å². The predicted molar refractivity (Wildman–Crippen MR) is 122 cm³/mol. The minimum Gasteiger partial charge on any atom is -0.497 e. The number of benzene rings is 3. The second kappa shape index (κ2) is 10.7. The van der Waals surface area contributed by atoms with Crippen LogP contribution in [0.5, 0.6) is 17.2 Å². The molecule has 164 valence electrons. The van der Waals surface area contributed by atoms with Gasteiger partial charge < -0.3 is 14.2 Å². The summed E-state index contributed by atoms with van der Waals surface area (Å²) < 4.78 is 15.8. The van der Waals surface area contributed by atoms with Crippen LogP contribution in [-0.4, -0.2) is 32.3 Å². The molecule has 0 aromatic heterocycles. The van der Waals surface area contributed by atoms with Crippen LogP contribution in [0.2, 0.25) is 10.0 Å². The number of nitrogens with one attached hydrogen (secondary N) is 1. The lowest BCUT2D eigenvalue weighted by Gasteiger charge is -2.10. The largest absolute Gasteiger partial charge is 0.497 e. The van der Waals surface area contributed by atoms with E-state index in [2.05, 4.69) is 10.5 Å². The molecule has 1 N–H and O–H groups in total. The molecule has 9 heteroatoms. The first kappa shape index (κ1) is 23.1. The first-order chi connectivity index (χ1) is 15.4. The summed E-state index contributed by atoms with van der Waals surface area (Å²) in [6, 6.07) is 15.9. The van der Waals surface area contributed by atoms with Gasteiger partial charge in [-0.2, -0.15) is 5.10 Å². The fourth-order valence-corrected chi connectivity index (χ4v) is 2.90. The van der Waals surface area contributed by atoms with Crippen LogP contribution in [-0.2, 0) is 0 Å². The highest BCUT2D eigenvalue weighted by Crippen LogP contribution is 2.29. The van der Waals surface area contributed by atoms with E-state index in [1.165, 1.54) is 31.5 Å². The molecule has 0 radical (unpaired) electrons. The molecule has 0 fully saturated rings. The summed E-state index contributed by atoms with van der Waals surface area (Å²) in [7, 11) is 2.99. The minimum atomic E-state index is -0.616. The third-order valence-electron chi connectivity index (χ3n) is 4.28. The van der Waals surface area contributed by atoms with E-state index in [0.717, 1.165) is 0 Å². The third-order valence-corrected chi connectivity index (χ3v) is 5.02. The fourth-order valence-electron chi connectivity index (χ4n) is 2.60. The number of methoxy groups -OCH3 is 2. The number of amides is 1. The standard InChI is InChI=1S/C23H18Cl2N2O5/c1-30-17-7-4-15(5-8-17)22(28)27-26-13-14-3-10-20(21(11-14)31-2)32-23(29)16-6-9-18(24)19(25)12-16/h3-13H,1-2H3,(H,27,28)/b26-13+. The molecule has 3 aromatic carbocycles. The number of rotatable bonds is 7. The molecule has 0 atom stereocenters. The zero-order valence-electron chi connectivity index (χ0n) is 17.1. The van der Waals surface area contributed by atoms with Crippen molar-refractivity contribution >= 4 is 41.3 Å². The smallest absolute Gasteiger partial charge is 0.343 e. The monoisotopic (exact) mass is 472 g/mol. The molecule has 0 bridgehead atoms. The number of carbonyl (C=O) groups is 2. The van der Waals surface area contributed by atoms with Gasteiger partial charge in [0.2, 0.25) is 0 Å². The Morgan fingerprint density at radius 1 is 0.844 bits per heavy atom. The van der Waals surface area contributed by atoms with Crippen LogP contribution in [0.15, 0.2) is 65.8 Å². The molecule has 32 heavy (non-hydrogen) atoms. The van der Waals surface area contributed by atoms with Crippen LogP contribution >= 0.6 is 23.2 Å². The first-order valence-corrected chi connectivity index (χ1v) is 9.99. The lowest BCUT2D eigenvalue weighted by atomic mass is 10.2. The second-order valence-corrected chi connectivity index (χ2v) is 7.17. The number of carbonyl (C=O) groups excluding carboxylic acids is 2. The van der Waals surface area contributed by atoms with Crippen molar-refractivity contribution in [2.24, 2.45) is 5.10 Å². The van der Waals surface area contributed by atoms with E-state index in [0.29, 0.717) is 27.6 Å². The van der Waals surface area contributed by atoms with Crippen LogP contribution in [0.4, 0.5) is 0 Å². The van der Waals surface area contributed by atoms with Gasteiger partial charge in [-0.1, -0.05) is 23.2 Å². The van der Waals surface area contributed by atoms with Crippen LogP contribution in [0.25, 0.3) is 0 Å². The number of esters is 1. The van der Waals surface area contributed by atoms with Crippen LogP contribution in [0, 0.1) is 0 Å². The number of ether oxygens (including phenoxy) is 3. The van der Waals surface area contributed by atoms with E-state index in [4.69, 9.17) is 37.4 Å². The van der Waals surface area contributed by atoms with E-state index >= 15 is 0 Å². The van der Waals surface area contributed by atoms with Gasteiger partial charge in [-0.25, -0.2) is 10.2 Å².